The lowest BCUT2D eigenvalue weighted by molar-refractivity contribution is 0.0692. The summed E-state index contributed by atoms with van der Waals surface area (Å²) in [5, 5.41) is 8.87. The Morgan fingerprint density at radius 2 is 2.06 bits per heavy atom. The van der Waals surface area contributed by atoms with E-state index in [9.17, 15) is 13.2 Å². The summed E-state index contributed by atoms with van der Waals surface area (Å²) in [6, 6.07) is 3.88. The molecule has 0 aliphatic heterocycles. The maximum Gasteiger partial charge on any atom is 0.337 e. The van der Waals surface area contributed by atoms with Crippen molar-refractivity contribution in [2.24, 2.45) is 0 Å². The van der Waals surface area contributed by atoms with Crippen LogP contribution in [0.1, 0.15) is 23.2 Å². The smallest absolute Gasteiger partial charge is 0.337 e. The van der Waals surface area contributed by atoms with Crippen LogP contribution in [0.25, 0.3) is 0 Å². The minimum Gasteiger partial charge on any atom is -0.478 e. The van der Waals surface area contributed by atoms with E-state index in [1.165, 1.54) is 18.2 Å². The summed E-state index contributed by atoms with van der Waals surface area (Å²) in [7, 11) is -3.87. The molecular weight excluding hydrogens is 266 g/mol. The topological polar surface area (TPSA) is 83.5 Å². The van der Waals surface area contributed by atoms with Gasteiger partial charge in [0.05, 0.1) is 10.6 Å². The van der Waals surface area contributed by atoms with E-state index in [1.54, 1.807) is 0 Å². The molecule has 92 valence electrons. The fourth-order valence-corrected chi connectivity index (χ4v) is 3.47. The van der Waals surface area contributed by atoms with E-state index in [1.807, 2.05) is 0 Å². The lowest BCUT2D eigenvalue weighted by Gasteiger charge is -2.10. The molecule has 0 amide bonds. The number of sulfonamides is 1. The van der Waals surface area contributed by atoms with Crippen molar-refractivity contribution in [2.45, 2.75) is 23.8 Å². The number of benzene rings is 1. The number of rotatable bonds is 4. The van der Waals surface area contributed by atoms with Crippen LogP contribution in [0, 0.1) is 0 Å². The Morgan fingerprint density at radius 3 is 2.59 bits per heavy atom. The summed E-state index contributed by atoms with van der Waals surface area (Å²) in [5.41, 5.74) is -0.314. The Morgan fingerprint density at radius 1 is 1.41 bits per heavy atom. The van der Waals surface area contributed by atoms with Crippen molar-refractivity contribution < 1.29 is 18.3 Å². The highest BCUT2D eigenvalue weighted by Gasteiger charge is 2.32. The molecule has 2 rings (SSSR count). The van der Waals surface area contributed by atoms with Crippen LogP contribution < -0.4 is 4.72 Å². The molecule has 1 aliphatic carbocycles. The molecule has 1 aliphatic rings. The molecule has 0 spiro atoms. The van der Waals surface area contributed by atoms with Gasteiger partial charge in [-0.05, 0) is 25.0 Å². The molecule has 2 N–H and O–H groups in total. The van der Waals surface area contributed by atoms with Crippen molar-refractivity contribution in [3.63, 3.8) is 0 Å². The average molecular weight is 276 g/mol. The first kappa shape index (κ1) is 12.3. The third kappa shape index (κ3) is 2.59. The van der Waals surface area contributed by atoms with Crippen molar-refractivity contribution in [3.05, 3.63) is 28.8 Å². The summed E-state index contributed by atoms with van der Waals surface area (Å²) < 4.78 is 26.3. The zero-order valence-corrected chi connectivity index (χ0v) is 10.3. The van der Waals surface area contributed by atoms with Gasteiger partial charge in [-0.2, -0.15) is 0 Å². The molecular formula is C10H10ClNO4S. The summed E-state index contributed by atoms with van der Waals surface area (Å²) in [6.45, 7) is 0. The van der Waals surface area contributed by atoms with Crippen molar-refractivity contribution >= 4 is 27.6 Å². The van der Waals surface area contributed by atoms with Crippen LogP contribution in [0.4, 0.5) is 0 Å². The van der Waals surface area contributed by atoms with Gasteiger partial charge in [0.15, 0.2) is 0 Å². The minimum absolute atomic E-state index is 0.0851. The second kappa shape index (κ2) is 4.29. The molecule has 1 saturated carbocycles. The number of hydrogen-bond donors (Lipinski definition) is 2. The van der Waals surface area contributed by atoms with E-state index in [2.05, 4.69) is 4.72 Å². The first-order chi connectivity index (χ1) is 7.92. The van der Waals surface area contributed by atoms with Crippen molar-refractivity contribution in [1.29, 1.82) is 0 Å². The summed E-state index contributed by atoms with van der Waals surface area (Å²) in [5.74, 6) is -1.32. The van der Waals surface area contributed by atoms with Crippen LogP contribution in [0.3, 0.4) is 0 Å². The third-order valence-corrected chi connectivity index (χ3v) is 4.41. The predicted octanol–water partition coefficient (Wildman–Crippen LogP) is 1.48. The normalized spacial score (nSPS) is 15.8. The maximum atomic E-state index is 12.0. The van der Waals surface area contributed by atoms with Gasteiger partial charge in [0.1, 0.15) is 4.90 Å². The second-order valence-corrected chi connectivity index (χ2v) is 5.88. The lowest BCUT2D eigenvalue weighted by atomic mass is 10.2. The molecule has 1 aromatic rings. The highest BCUT2D eigenvalue weighted by molar-refractivity contribution is 7.89. The fourth-order valence-electron chi connectivity index (χ4n) is 1.43. The second-order valence-electron chi connectivity index (χ2n) is 3.82. The van der Waals surface area contributed by atoms with Crippen LogP contribution in [-0.2, 0) is 10.0 Å². The van der Waals surface area contributed by atoms with Gasteiger partial charge < -0.3 is 5.11 Å². The van der Waals surface area contributed by atoms with Gasteiger partial charge in [-0.15, -0.1) is 0 Å². The summed E-state index contributed by atoms with van der Waals surface area (Å²) in [6.07, 6.45) is 1.54. The largest absolute Gasteiger partial charge is 0.478 e. The van der Waals surface area contributed by atoms with E-state index in [-0.39, 0.29) is 21.5 Å². The number of aromatic carboxylic acids is 1. The third-order valence-electron chi connectivity index (χ3n) is 2.37. The molecule has 0 aromatic heterocycles. The Labute approximate surface area is 103 Å². The highest BCUT2D eigenvalue weighted by Crippen LogP contribution is 2.28. The van der Waals surface area contributed by atoms with Crippen molar-refractivity contribution in [3.8, 4) is 0 Å². The Kier molecular flexibility index (Phi) is 3.11. The van der Waals surface area contributed by atoms with E-state index < -0.39 is 16.0 Å². The monoisotopic (exact) mass is 275 g/mol. The van der Waals surface area contributed by atoms with Gasteiger partial charge in [-0.3, -0.25) is 0 Å². The molecule has 0 radical (unpaired) electrons. The Hall–Kier alpha value is -1.11. The summed E-state index contributed by atoms with van der Waals surface area (Å²) >= 11 is 5.78. The zero-order valence-electron chi connectivity index (χ0n) is 8.68. The number of carboxylic acids is 1. The van der Waals surface area contributed by atoms with Gasteiger partial charge in [-0.25, -0.2) is 17.9 Å². The first-order valence-electron chi connectivity index (χ1n) is 4.96. The Balaban J connectivity index is 2.52. The number of hydrogen-bond acceptors (Lipinski definition) is 3. The van der Waals surface area contributed by atoms with Gasteiger partial charge in [0.25, 0.3) is 0 Å². The van der Waals surface area contributed by atoms with Crippen molar-refractivity contribution in [2.75, 3.05) is 0 Å². The van der Waals surface area contributed by atoms with Crippen molar-refractivity contribution in [1.82, 2.24) is 4.72 Å². The van der Waals surface area contributed by atoms with Gasteiger partial charge in [0.2, 0.25) is 10.0 Å². The molecule has 0 atom stereocenters. The summed E-state index contributed by atoms with van der Waals surface area (Å²) in [4.78, 5) is 10.6. The Bertz CT molecular complexity index is 566. The molecule has 0 unspecified atom stereocenters. The number of nitrogens with one attached hydrogen (secondary N) is 1. The van der Waals surface area contributed by atoms with E-state index in [4.69, 9.17) is 16.7 Å². The van der Waals surface area contributed by atoms with Gasteiger partial charge >= 0.3 is 5.97 Å². The molecule has 17 heavy (non-hydrogen) atoms. The molecule has 5 nitrogen and oxygen atoms in total. The molecule has 1 aromatic carbocycles. The average Bonchev–Trinajstić information content (AvgIpc) is 2.99. The van der Waals surface area contributed by atoms with Gasteiger partial charge in [-0.1, -0.05) is 17.7 Å². The zero-order chi connectivity index (χ0) is 12.6. The standard InChI is InChI=1S/C10H10ClNO4S/c11-8-3-1-2-7(10(13)14)9(8)17(15,16)12-6-4-5-6/h1-3,6,12H,4-5H2,(H,13,14). The van der Waals surface area contributed by atoms with Gasteiger partial charge in [0, 0.05) is 6.04 Å². The molecule has 0 saturated heterocycles. The highest BCUT2D eigenvalue weighted by atomic mass is 35.5. The van der Waals surface area contributed by atoms with E-state index >= 15 is 0 Å². The van der Waals surface area contributed by atoms with Crippen LogP contribution in [-0.4, -0.2) is 25.5 Å². The molecule has 1 fully saturated rings. The SMILES string of the molecule is O=C(O)c1cccc(Cl)c1S(=O)(=O)NC1CC1. The maximum absolute atomic E-state index is 12.0. The molecule has 7 heteroatoms. The minimum atomic E-state index is -3.87. The van der Waals surface area contributed by atoms with E-state index in [0.29, 0.717) is 0 Å². The lowest BCUT2D eigenvalue weighted by Crippen LogP contribution is -2.27. The number of carbonyl (C=O) groups is 1. The number of halogens is 1. The first-order valence-corrected chi connectivity index (χ1v) is 6.82. The van der Waals surface area contributed by atoms with Crippen LogP contribution in [0.15, 0.2) is 23.1 Å². The quantitative estimate of drug-likeness (QED) is 0.872. The van der Waals surface area contributed by atoms with E-state index in [0.717, 1.165) is 12.8 Å². The number of carboxylic acid groups (broad SMARTS) is 1. The fraction of sp³-hybridized carbons (Fsp3) is 0.300. The molecule has 0 heterocycles. The van der Waals surface area contributed by atoms with Crippen LogP contribution in [0.5, 0.6) is 0 Å². The molecule has 0 bridgehead atoms. The predicted molar refractivity (Wildman–Crippen MR) is 61.8 cm³/mol. The van der Waals surface area contributed by atoms with Crippen LogP contribution in [0.2, 0.25) is 5.02 Å². The van der Waals surface area contributed by atoms with Crippen LogP contribution >= 0.6 is 11.6 Å².